The van der Waals surface area contributed by atoms with Crippen molar-refractivity contribution in [2.75, 3.05) is 39.3 Å². The molecule has 1 aliphatic heterocycles. The number of nitrogens with zero attached hydrogens (tertiary/aromatic N) is 2. The molecule has 0 aromatic heterocycles. The van der Waals surface area contributed by atoms with E-state index in [0.29, 0.717) is 6.61 Å². The van der Waals surface area contributed by atoms with Crippen LogP contribution in [0.1, 0.15) is 25.7 Å². The second-order valence-corrected chi connectivity index (χ2v) is 4.54. The number of rotatable bonds is 6. The normalized spacial score (nSPS) is 23.6. The van der Waals surface area contributed by atoms with Crippen LogP contribution in [0.5, 0.6) is 0 Å². The lowest BCUT2D eigenvalue weighted by Crippen LogP contribution is -2.36. The summed E-state index contributed by atoms with van der Waals surface area (Å²) >= 11 is 0. The third-order valence-electron chi connectivity index (χ3n) is 3.35. The van der Waals surface area contributed by atoms with Crippen LogP contribution in [0.15, 0.2) is 0 Å². The molecular weight excluding hydrogens is 176 g/mol. The molecule has 1 aliphatic carbocycles. The SMILES string of the molecule is OCCN(CCN1CCCC1)C1CC1. The third kappa shape index (κ3) is 2.94. The zero-order valence-electron chi connectivity index (χ0n) is 8.99. The third-order valence-corrected chi connectivity index (χ3v) is 3.35. The minimum Gasteiger partial charge on any atom is -0.395 e. The molecule has 0 aromatic rings. The van der Waals surface area contributed by atoms with Gasteiger partial charge in [-0.15, -0.1) is 0 Å². The fourth-order valence-corrected chi connectivity index (χ4v) is 2.32. The Bertz CT molecular complexity index is 165. The lowest BCUT2D eigenvalue weighted by molar-refractivity contribution is 0.171. The van der Waals surface area contributed by atoms with Gasteiger partial charge in [-0.2, -0.15) is 0 Å². The second-order valence-electron chi connectivity index (χ2n) is 4.54. The highest BCUT2D eigenvalue weighted by Crippen LogP contribution is 2.26. The molecule has 0 aromatic carbocycles. The molecule has 0 amide bonds. The molecular formula is C11H22N2O. The van der Waals surface area contributed by atoms with Gasteiger partial charge in [-0.25, -0.2) is 0 Å². The van der Waals surface area contributed by atoms with Gasteiger partial charge in [0.1, 0.15) is 0 Å². The quantitative estimate of drug-likeness (QED) is 0.675. The van der Waals surface area contributed by atoms with Gasteiger partial charge in [-0.1, -0.05) is 0 Å². The van der Waals surface area contributed by atoms with E-state index in [9.17, 15) is 0 Å². The van der Waals surface area contributed by atoms with Crippen molar-refractivity contribution in [2.24, 2.45) is 0 Å². The number of hydrogen-bond acceptors (Lipinski definition) is 3. The maximum absolute atomic E-state index is 8.95. The predicted octanol–water partition coefficient (Wildman–Crippen LogP) is 0.539. The van der Waals surface area contributed by atoms with Gasteiger partial charge in [0.25, 0.3) is 0 Å². The molecule has 1 heterocycles. The van der Waals surface area contributed by atoms with Gasteiger partial charge in [0.15, 0.2) is 0 Å². The van der Waals surface area contributed by atoms with Crippen LogP contribution in [0.25, 0.3) is 0 Å². The van der Waals surface area contributed by atoms with E-state index >= 15 is 0 Å². The summed E-state index contributed by atoms with van der Waals surface area (Å²) in [5.74, 6) is 0. The lowest BCUT2D eigenvalue weighted by Gasteiger charge is -2.24. The Kier molecular flexibility index (Phi) is 3.79. The predicted molar refractivity (Wildman–Crippen MR) is 57.4 cm³/mol. The van der Waals surface area contributed by atoms with Crippen LogP contribution in [0.2, 0.25) is 0 Å². The van der Waals surface area contributed by atoms with E-state index in [1.807, 2.05) is 0 Å². The van der Waals surface area contributed by atoms with Crippen LogP contribution < -0.4 is 0 Å². The van der Waals surface area contributed by atoms with Gasteiger partial charge in [0.2, 0.25) is 0 Å². The van der Waals surface area contributed by atoms with Crippen molar-refractivity contribution in [2.45, 2.75) is 31.7 Å². The van der Waals surface area contributed by atoms with Crippen LogP contribution in [0.4, 0.5) is 0 Å². The number of hydrogen-bond donors (Lipinski definition) is 1. The maximum Gasteiger partial charge on any atom is 0.0558 e. The molecule has 2 fully saturated rings. The second kappa shape index (κ2) is 5.10. The highest BCUT2D eigenvalue weighted by atomic mass is 16.3. The van der Waals surface area contributed by atoms with Crippen molar-refractivity contribution in [3.8, 4) is 0 Å². The lowest BCUT2D eigenvalue weighted by atomic mass is 10.4. The van der Waals surface area contributed by atoms with E-state index in [2.05, 4.69) is 9.80 Å². The Labute approximate surface area is 86.7 Å². The van der Waals surface area contributed by atoms with E-state index in [-0.39, 0.29) is 0 Å². The summed E-state index contributed by atoms with van der Waals surface area (Å²) in [7, 11) is 0. The van der Waals surface area contributed by atoms with Crippen molar-refractivity contribution in [1.82, 2.24) is 9.80 Å². The van der Waals surface area contributed by atoms with Crippen LogP contribution in [0, 0.1) is 0 Å². The molecule has 1 N–H and O–H groups in total. The van der Waals surface area contributed by atoms with Crippen molar-refractivity contribution in [3.05, 3.63) is 0 Å². The number of likely N-dealkylation sites (tertiary alicyclic amines) is 1. The van der Waals surface area contributed by atoms with Crippen LogP contribution >= 0.6 is 0 Å². The number of aliphatic hydroxyl groups excluding tert-OH is 1. The first kappa shape index (κ1) is 10.4. The zero-order valence-corrected chi connectivity index (χ0v) is 8.99. The molecule has 3 heteroatoms. The molecule has 82 valence electrons. The average molecular weight is 198 g/mol. The molecule has 1 saturated carbocycles. The fourth-order valence-electron chi connectivity index (χ4n) is 2.32. The monoisotopic (exact) mass is 198 g/mol. The minimum absolute atomic E-state index is 0.316. The first-order valence-electron chi connectivity index (χ1n) is 5.97. The van der Waals surface area contributed by atoms with Crippen molar-refractivity contribution < 1.29 is 5.11 Å². The highest BCUT2D eigenvalue weighted by Gasteiger charge is 2.28. The van der Waals surface area contributed by atoms with Crippen molar-refractivity contribution in [1.29, 1.82) is 0 Å². The molecule has 0 bridgehead atoms. The van der Waals surface area contributed by atoms with Gasteiger partial charge >= 0.3 is 0 Å². The summed E-state index contributed by atoms with van der Waals surface area (Å²) in [6.45, 7) is 6.13. The maximum atomic E-state index is 8.95. The van der Waals surface area contributed by atoms with Crippen molar-refractivity contribution >= 4 is 0 Å². The summed E-state index contributed by atoms with van der Waals surface area (Å²) in [6.07, 6.45) is 5.45. The molecule has 14 heavy (non-hydrogen) atoms. The topological polar surface area (TPSA) is 26.7 Å². The Hall–Kier alpha value is -0.120. The summed E-state index contributed by atoms with van der Waals surface area (Å²) in [6, 6.07) is 0.796. The standard InChI is InChI=1S/C11H22N2O/c14-10-9-13(11-3-4-11)8-7-12-5-1-2-6-12/h11,14H,1-10H2. The Morgan fingerprint density at radius 2 is 1.86 bits per heavy atom. The Morgan fingerprint density at radius 3 is 2.43 bits per heavy atom. The fraction of sp³-hybridized carbons (Fsp3) is 1.00. The average Bonchev–Trinajstić information content (AvgIpc) is 2.90. The minimum atomic E-state index is 0.316. The number of aliphatic hydroxyl groups is 1. The molecule has 3 nitrogen and oxygen atoms in total. The van der Waals surface area contributed by atoms with E-state index in [4.69, 9.17) is 5.11 Å². The van der Waals surface area contributed by atoms with Gasteiger partial charge in [0.05, 0.1) is 6.61 Å². The summed E-state index contributed by atoms with van der Waals surface area (Å²) in [4.78, 5) is 5.01. The van der Waals surface area contributed by atoms with E-state index in [1.54, 1.807) is 0 Å². The van der Waals surface area contributed by atoms with Crippen LogP contribution in [-0.4, -0.2) is 60.3 Å². The van der Waals surface area contributed by atoms with Gasteiger partial charge in [-0.3, -0.25) is 4.90 Å². The Morgan fingerprint density at radius 1 is 1.14 bits per heavy atom. The molecule has 0 unspecified atom stereocenters. The van der Waals surface area contributed by atoms with E-state index < -0.39 is 0 Å². The largest absolute Gasteiger partial charge is 0.395 e. The van der Waals surface area contributed by atoms with Crippen molar-refractivity contribution in [3.63, 3.8) is 0 Å². The molecule has 1 saturated heterocycles. The molecule has 2 aliphatic rings. The van der Waals surface area contributed by atoms with E-state index in [1.165, 1.54) is 45.3 Å². The Balaban J connectivity index is 1.65. The van der Waals surface area contributed by atoms with E-state index in [0.717, 1.165) is 19.1 Å². The van der Waals surface area contributed by atoms with Gasteiger partial charge in [-0.05, 0) is 38.8 Å². The smallest absolute Gasteiger partial charge is 0.0558 e. The molecule has 0 spiro atoms. The van der Waals surface area contributed by atoms with Crippen LogP contribution in [0.3, 0.4) is 0 Å². The first-order valence-corrected chi connectivity index (χ1v) is 5.97. The summed E-state index contributed by atoms with van der Waals surface area (Å²) < 4.78 is 0. The first-order chi connectivity index (χ1) is 6.90. The van der Waals surface area contributed by atoms with Gasteiger partial charge in [0, 0.05) is 25.7 Å². The molecule has 2 rings (SSSR count). The summed E-state index contributed by atoms with van der Waals surface area (Å²) in [5.41, 5.74) is 0. The molecule has 0 atom stereocenters. The zero-order chi connectivity index (χ0) is 9.80. The summed E-state index contributed by atoms with van der Waals surface area (Å²) in [5, 5.41) is 8.95. The van der Waals surface area contributed by atoms with Gasteiger partial charge < -0.3 is 10.0 Å². The highest BCUT2D eigenvalue weighted by molar-refractivity contribution is 4.85. The van der Waals surface area contributed by atoms with Crippen LogP contribution in [-0.2, 0) is 0 Å². The molecule has 0 radical (unpaired) electrons.